The van der Waals surface area contributed by atoms with Crippen molar-refractivity contribution in [2.45, 2.75) is 46.2 Å². The normalized spacial score (nSPS) is 14.4. The summed E-state index contributed by atoms with van der Waals surface area (Å²) in [7, 11) is 1.68. The highest BCUT2D eigenvalue weighted by molar-refractivity contribution is 5.93. The average Bonchev–Trinajstić information content (AvgIpc) is 3.65. The highest BCUT2D eigenvalue weighted by Gasteiger charge is 2.32. The van der Waals surface area contributed by atoms with E-state index in [0.717, 1.165) is 56.2 Å². The first-order chi connectivity index (χ1) is 21.8. The Bertz CT molecular complexity index is 1870. The SMILES string of the molecule is COc1ccc2[nH]cc(C3=CCN(N(C(C)=O)[C@H](Cc4c[nH]c5ccccc45)CN(Cc4ccccc4C)C(C)=O)CC3)c2c1. The van der Waals surface area contributed by atoms with E-state index in [1.54, 1.807) is 21.0 Å². The summed E-state index contributed by atoms with van der Waals surface area (Å²) in [6, 6.07) is 22.2. The summed E-state index contributed by atoms with van der Waals surface area (Å²) in [5.41, 5.74) is 7.91. The molecule has 0 bridgehead atoms. The third-order valence-electron chi connectivity index (χ3n) is 9.03. The largest absolute Gasteiger partial charge is 0.497 e. The molecule has 232 valence electrons. The molecule has 0 saturated carbocycles. The number of hydrazine groups is 1. The van der Waals surface area contributed by atoms with E-state index in [1.165, 1.54) is 5.57 Å². The molecule has 8 nitrogen and oxygen atoms in total. The maximum atomic E-state index is 13.5. The minimum atomic E-state index is -0.262. The Labute approximate surface area is 264 Å². The molecule has 5 aromatic rings. The third-order valence-corrected chi connectivity index (χ3v) is 9.03. The predicted octanol–water partition coefficient (Wildman–Crippen LogP) is 6.48. The first-order valence-electron chi connectivity index (χ1n) is 15.6. The maximum Gasteiger partial charge on any atom is 0.234 e. The van der Waals surface area contributed by atoms with Crippen molar-refractivity contribution in [3.63, 3.8) is 0 Å². The van der Waals surface area contributed by atoms with Gasteiger partial charge in [-0.2, -0.15) is 0 Å². The molecule has 0 radical (unpaired) electrons. The number of ether oxygens (including phenoxy) is 1. The lowest BCUT2D eigenvalue weighted by atomic mass is 9.99. The van der Waals surface area contributed by atoms with Gasteiger partial charge in [0.2, 0.25) is 11.8 Å². The molecule has 2 amide bonds. The van der Waals surface area contributed by atoms with Gasteiger partial charge in [0.15, 0.2) is 0 Å². The molecule has 0 spiro atoms. The van der Waals surface area contributed by atoms with Crippen LogP contribution in [0.4, 0.5) is 0 Å². The lowest BCUT2D eigenvalue weighted by molar-refractivity contribution is -0.155. The van der Waals surface area contributed by atoms with Crippen LogP contribution in [-0.4, -0.2) is 69.5 Å². The quantitative estimate of drug-likeness (QED) is 0.191. The standard InChI is InChI=1S/C37H41N5O3/c1-25-9-5-6-10-29(25)23-40(26(2)43)24-31(19-30-21-38-36-12-8-7-11-33(30)36)42(27(3)44)41-17-15-28(16-18-41)35-22-39-37-14-13-32(45-4)20-34(35)37/h5-15,20-22,31,38-39H,16-19,23-24H2,1-4H3/t31-/m1/s1. The van der Waals surface area contributed by atoms with Gasteiger partial charge in [-0.15, -0.1) is 0 Å². The molecule has 0 unspecified atom stereocenters. The fraction of sp³-hybridized carbons (Fsp3) is 0.297. The van der Waals surface area contributed by atoms with Gasteiger partial charge in [-0.1, -0.05) is 48.5 Å². The number of para-hydroxylation sites is 1. The molecule has 0 saturated heterocycles. The zero-order chi connectivity index (χ0) is 31.5. The van der Waals surface area contributed by atoms with Gasteiger partial charge in [0, 0.05) is 79.8 Å². The van der Waals surface area contributed by atoms with E-state index in [-0.39, 0.29) is 17.9 Å². The number of rotatable bonds is 10. The summed E-state index contributed by atoms with van der Waals surface area (Å²) >= 11 is 0. The monoisotopic (exact) mass is 603 g/mol. The minimum absolute atomic E-state index is 0.0127. The Morgan fingerprint density at radius 1 is 0.911 bits per heavy atom. The van der Waals surface area contributed by atoms with Crippen LogP contribution in [0.2, 0.25) is 0 Å². The zero-order valence-electron chi connectivity index (χ0n) is 26.5. The molecule has 3 heterocycles. The van der Waals surface area contributed by atoms with Crippen molar-refractivity contribution in [1.29, 1.82) is 0 Å². The second-order valence-corrected chi connectivity index (χ2v) is 11.9. The van der Waals surface area contributed by atoms with E-state index >= 15 is 0 Å². The number of aromatic amines is 2. The number of methoxy groups -OCH3 is 1. The van der Waals surface area contributed by atoms with Gasteiger partial charge in [0.05, 0.1) is 13.2 Å². The van der Waals surface area contributed by atoms with Crippen molar-refractivity contribution in [2.75, 3.05) is 26.7 Å². The Morgan fingerprint density at radius 2 is 1.67 bits per heavy atom. The van der Waals surface area contributed by atoms with Gasteiger partial charge in [0.1, 0.15) is 5.75 Å². The summed E-state index contributed by atoms with van der Waals surface area (Å²) in [5, 5.41) is 6.31. The summed E-state index contributed by atoms with van der Waals surface area (Å²) in [4.78, 5) is 35.3. The number of benzene rings is 3. The number of aromatic nitrogens is 2. The molecule has 6 rings (SSSR count). The number of fused-ring (bicyclic) bond motifs is 2. The topological polar surface area (TPSA) is 84.7 Å². The van der Waals surface area contributed by atoms with Crippen LogP contribution in [0.5, 0.6) is 5.75 Å². The van der Waals surface area contributed by atoms with Gasteiger partial charge < -0.3 is 19.6 Å². The van der Waals surface area contributed by atoms with Crippen LogP contribution in [0.1, 0.15) is 42.5 Å². The van der Waals surface area contributed by atoms with E-state index in [0.29, 0.717) is 32.6 Å². The Balaban J connectivity index is 1.31. The molecule has 2 aromatic heterocycles. The molecule has 1 aliphatic heterocycles. The number of nitrogens with one attached hydrogen (secondary N) is 2. The van der Waals surface area contributed by atoms with Crippen molar-refractivity contribution in [1.82, 2.24) is 24.9 Å². The lowest BCUT2D eigenvalue weighted by Crippen LogP contribution is -2.57. The van der Waals surface area contributed by atoms with Crippen LogP contribution in [-0.2, 0) is 22.6 Å². The summed E-state index contributed by atoms with van der Waals surface area (Å²) in [5.74, 6) is 0.777. The van der Waals surface area contributed by atoms with E-state index in [4.69, 9.17) is 4.74 Å². The van der Waals surface area contributed by atoms with Crippen LogP contribution in [0, 0.1) is 6.92 Å². The van der Waals surface area contributed by atoms with Gasteiger partial charge >= 0.3 is 0 Å². The van der Waals surface area contributed by atoms with Gasteiger partial charge in [-0.05, 0) is 66.3 Å². The summed E-state index contributed by atoms with van der Waals surface area (Å²) in [6.07, 6.45) is 7.71. The Hall–Kier alpha value is -4.82. The number of carbonyl (C=O) groups excluding carboxylic acids is 2. The highest BCUT2D eigenvalue weighted by atomic mass is 16.5. The smallest absolute Gasteiger partial charge is 0.234 e. The van der Waals surface area contributed by atoms with Crippen molar-refractivity contribution < 1.29 is 14.3 Å². The molecule has 45 heavy (non-hydrogen) atoms. The van der Waals surface area contributed by atoms with E-state index in [9.17, 15) is 9.59 Å². The second-order valence-electron chi connectivity index (χ2n) is 11.9. The van der Waals surface area contributed by atoms with Gasteiger partial charge in [-0.3, -0.25) is 14.6 Å². The van der Waals surface area contributed by atoms with E-state index < -0.39 is 0 Å². The van der Waals surface area contributed by atoms with E-state index in [1.807, 2.05) is 52.5 Å². The molecule has 1 atom stereocenters. The molecule has 0 aliphatic carbocycles. The number of hydrogen-bond donors (Lipinski definition) is 2. The van der Waals surface area contributed by atoms with Crippen molar-refractivity contribution in [3.05, 3.63) is 107 Å². The molecule has 3 aromatic carbocycles. The highest BCUT2D eigenvalue weighted by Crippen LogP contribution is 2.32. The molecule has 8 heteroatoms. The Morgan fingerprint density at radius 3 is 2.40 bits per heavy atom. The fourth-order valence-corrected chi connectivity index (χ4v) is 6.61. The van der Waals surface area contributed by atoms with Crippen LogP contribution in [0.15, 0.2) is 85.2 Å². The molecule has 2 N–H and O–H groups in total. The number of nitrogens with zero attached hydrogens (tertiary/aromatic N) is 3. The maximum absolute atomic E-state index is 13.5. The first-order valence-corrected chi connectivity index (χ1v) is 15.6. The predicted molar refractivity (Wildman–Crippen MR) is 180 cm³/mol. The van der Waals surface area contributed by atoms with Crippen molar-refractivity contribution >= 4 is 39.2 Å². The number of carbonyl (C=O) groups is 2. The van der Waals surface area contributed by atoms with Crippen LogP contribution >= 0.6 is 0 Å². The lowest BCUT2D eigenvalue weighted by Gasteiger charge is -2.43. The fourth-order valence-electron chi connectivity index (χ4n) is 6.61. The Kier molecular flexibility index (Phi) is 8.76. The summed E-state index contributed by atoms with van der Waals surface area (Å²) < 4.78 is 5.48. The molecular formula is C37H41N5O3. The van der Waals surface area contributed by atoms with Gasteiger partial charge in [0.25, 0.3) is 0 Å². The number of H-pyrrole nitrogens is 2. The van der Waals surface area contributed by atoms with Gasteiger partial charge in [-0.25, -0.2) is 5.01 Å². The minimum Gasteiger partial charge on any atom is -0.497 e. The van der Waals surface area contributed by atoms with Crippen molar-refractivity contribution in [2.24, 2.45) is 0 Å². The van der Waals surface area contributed by atoms with E-state index in [2.05, 4.69) is 64.5 Å². The van der Waals surface area contributed by atoms with Crippen LogP contribution in [0.25, 0.3) is 27.4 Å². The first kappa shape index (κ1) is 30.2. The average molecular weight is 604 g/mol. The number of amides is 2. The van der Waals surface area contributed by atoms with Crippen molar-refractivity contribution in [3.8, 4) is 5.75 Å². The molecule has 0 fully saturated rings. The molecular weight excluding hydrogens is 562 g/mol. The number of aryl methyl sites for hydroxylation is 1. The zero-order valence-corrected chi connectivity index (χ0v) is 26.5. The summed E-state index contributed by atoms with van der Waals surface area (Å²) in [6.45, 7) is 7.50. The number of hydrogen-bond acceptors (Lipinski definition) is 4. The molecule has 1 aliphatic rings. The van der Waals surface area contributed by atoms with Crippen LogP contribution in [0.3, 0.4) is 0 Å². The van der Waals surface area contributed by atoms with Crippen LogP contribution < -0.4 is 4.74 Å². The third kappa shape index (κ3) is 6.37. The second kappa shape index (κ2) is 13.0.